The molecule has 0 aliphatic carbocycles. The highest BCUT2D eigenvalue weighted by molar-refractivity contribution is 6.30. The van der Waals surface area contributed by atoms with Gasteiger partial charge in [-0.25, -0.2) is 4.98 Å². The molecule has 31 heavy (non-hydrogen) atoms. The van der Waals surface area contributed by atoms with Crippen LogP contribution < -0.4 is 0 Å². The average molecular weight is 399 g/mol. The van der Waals surface area contributed by atoms with Gasteiger partial charge < -0.3 is 8.83 Å². The van der Waals surface area contributed by atoms with E-state index in [-0.39, 0.29) is 0 Å². The number of para-hydroxylation sites is 1. The van der Waals surface area contributed by atoms with Gasteiger partial charge in [0, 0.05) is 45.5 Å². The Bertz CT molecular complexity index is 2010. The van der Waals surface area contributed by atoms with Crippen LogP contribution >= 0.6 is 0 Å². The molecule has 8 aromatic rings. The van der Waals surface area contributed by atoms with Gasteiger partial charge in [0.2, 0.25) is 0 Å². The minimum atomic E-state index is 0.838. The van der Waals surface area contributed by atoms with Gasteiger partial charge in [0.1, 0.15) is 28.0 Å². The number of rotatable bonds is 0. The van der Waals surface area contributed by atoms with E-state index in [1.807, 2.05) is 55.0 Å². The van der Waals surface area contributed by atoms with Crippen molar-refractivity contribution < 1.29 is 8.83 Å². The molecule has 144 valence electrons. The second-order valence-electron chi connectivity index (χ2n) is 7.87. The monoisotopic (exact) mass is 399 g/mol. The van der Waals surface area contributed by atoms with Gasteiger partial charge >= 0.3 is 0 Å². The molecule has 0 fully saturated rings. The fourth-order valence-electron chi connectivity index (χ4n) is 5.05. The lowest BCUT2D eigenvalue weighted by atomic mass is 10.0. The van der Waals surface area contributed by atoms with Crippen molar-refractivity contribution in [1.29, 1.82) is 0 Å². The Morgan fingerprint density at radius 2 is 1.45 bits per heavy atom. The maximum atomic E-state index is 6.51. The minimum absolute atomic E-state index is 0.838. The second-order valence-corrected chi connectivity index (χ2v) is 7.87. The van der Waals surface area contributed by atoms with Gasteiger partial charge in [-0.3, -0.25) is 9.38 Å². The summed E-state index contributed by atoms with van der Waals surface area (Å²) in [5.41, 5.74) is 6.25. The lowest BCUT2D eigenvalue weighted by Gasteiger charge is -2.07. The van der Waals surface area contributed by atoms with E-state index < -0.39 is 0 Å². The molecule has 5 heterocycles. The molecule has 0 N–H and O–H groups in total. The quantitative estimate of drug-likeness (QED) is 0.262. The number of nitrogens with zero attached hydrogens (tertiary/aromatic N) is 3. The van der Waals surface area contributed by atoms with Crippen LogP contribution in [0.15, 0.2) is 88.1 Å². The zero-order valence-corrected chi connectivity index (χ0v) is 16.2. The zero-order valence-electron chi connectivity index (χ0n) is 16.2. The molecule has 5 nitrogen and oxygen atoms in total. The molecule has 0 aliphatic heterocycles. The SMILES string of the molecule is c1ccc2c(c1)oc1ccc3oc4c(ccc5c4c4ncccc4c4nccn54)c3c12. The molecular weight excluding hydrogens is 386 g/mol. The summed E-state index contributed by atoms with van der Waals surface area (Å²) >= 11 is 0. The molecular formula is C26H13N3O2. The molecule has 0 unspecified atom stereocenters. The predicted octanol–water partition coefficient (Wildman–Crippen LogP) is 6.83. The van der Waals surface area contributed by atoms with Crippen LogP contribution in [0, 0.1) is 0 Å². The Labute approximate surface area is 174 Å². The van der Waals surface area contributed by atoms with E-state index in [1.54, 1.807) is 0 Å². The molecule has 0 atom stereocenters. The van der Waals surface area contributed by atoms with Gasteiger partial charge in [-0.2, -0.15) is 0 Å². The number of hydrogen-bond acceptors (Lipinski definition) is 4. The topological polar surface area (TPSA) is 56.5 Å². The van der Waals surface area contributed by atoms with Crippen LogP contribution in [0.4, 0.5) is 0 Å². The van der Waals surface area contributed by atoms with Crippen LogP contribution in [-0.2, 0) is 0 Å². The fraction of sp³-hybridized carbons (Fsp3) is 0. The summed E-state index contributed by atoms with van der Waals surface area (Å²) in [4.78, 5) is 9.30. The van der Waals surface area contributed by atoms with Gasteiger partial charge in [0.15, 0.2) is 0 Å². The summed E-state index contributed by atoms with van der Waals surface area (Å²) in [5.74, 6) is 0. The van der Waals surface area contributed by atoms with Crippen LogP contribution in [0.1, 0.15) is 0 Å². The highest BCUT2D eigenvalue weighted by atomic mass is 16.3. The van der Waals surface area contributed by atoms with Crippen molar-refractivity contribution in [2.45, 2.75) is 0 Å². The normalized spacial score (nSPS) is 12.5. The lowest BCUT2D eigenvalue weighted by molar-refractivity contribution is 0.664. The number of aromatic nitrogens is 3. The molecule has 0 saturated carbocycles. The fourth-order valence-corrected chi connectivity index (χ4v) is 5.05. The van der Waals surface area contributed by atoms with E-state index in [0.717, 1.165) is 71.3 Å². The minimum Gasteiger partial charge on any atom is -0.456 e. The smallest absolute Gasteiger partial charge is 0.146 e. The third-order valence-electron chi connectivity index (χ3n) is 6.31. The Hall–Kier alpha value is -4.38. The molecule has 0 aliphatic rings. The predicted molar refractivity (Wildman–Crippen MR) is 123 cm³/mol. The van der Waals surface area contributed by atoms with Crippen molar-refractivity contribution in [3.05, 3.63) is 79.3 Å². The van der Waals surface area contributed by atoms with Crippen molar-refractivity contribution in [3.8, 4) is 0 Å². The highest BCUT2D eigenvalue weighted by Gasteiger charge is 2.20. The van der Waals surface area contributed by atoms with Gasteiger partial charge in [-0.15, -0.1) is 0 Å². The first-order valence-corrected chi connectivity index (χ1v) is 10.2. The van der Waals surface area contributed by atoms with Gasteiger partial charge in [0.25, 0.3) is 0 Å². The Morgan fingerprint density at radius 1 is 0.613 bits per heavy atom. The number of benzene rings is 3. The van der Waals surface area contributed by atoms with Crippen molar-refractivity contribution in [1.82, 2.24) is 14.4 Å². The summed E-state index contributed by atoms with van der Waals surface area (Å²) < 4.78 is 14.7. The van der Waals surface area contributed by atoms with Crippen molar-refractivity contribution >= 4 is 71.3 Å². The summed E-state index contributed by atoms with van der Waals surface area (Å²) in [6, 6.07) is 20.4. The van der Waals surface area contributed by atoms with E-state index in [1.165, 1.54) is 0 Å². The number of imidazole rings is 1. The van der Waals surface area contributed by atoms with Crippen molar-refractivity contribution in [2.75, 3.05) is 0 Å². The van der Waals surface area contributed by atoms with Crippen LogP contribution in [0.25, 0.3) is 71.3 Å². The van der Waals surface area contributed by atoms with Crippen LogP contribution in [0.5, 0.6) is 0 Å². The maximum absolute atomic E-state index is 6.51. The van der Waals surface area contributed by atoms with E-state index in [0.29, 0.717) is 0 Å². The first-order chi connectivity index (χ1) is 15.4. The first-order valence-electron chi connectivity index (χ1n) is 10.2. The molecule has 0 bridgehead atoms. The van der Waals surface area contributed by atoms with E-state index in [2.05, 4.69) is 33.7 Å². The van der Waals surface area contributed by atoms with E-state index in [9.17, 15) is 0 Å². The Kier molecular flexibility index (Phi) is 2.60. The van der Waals surface area contributed by atoms with Gasteiger partial charge in [-0.1, -0.05) is 18.2 Å². The molecule has 8 rings (SSSR count). The van der Waals surface area contributed by atoms with Gasteiger partial charge in [0.05, 0.1) is 16.4 Å². The second kappa shape index (κ2) is 5.21. The summed E-state index contributed by atoms with van der Waals surface area (Å²) in [6.45, 7) is 0. The van der Waals surface area contributed by atoms with E-state index >= 15 is 0 Å². The largest absolute Gasteiger partial charge is 0.456 e. The number of pyridine rings is 2. The molecule has 5 heteroatoms. The third kappa shape index (κ3) is 1.78. The summed E-state index contributed by atoms with van der Waals surface area (Å²) in [7, 11) is 0. The maximum Gasteiger partial charge on any atom is 0.146 e. The third-order valence-corrected chi connectivity index (χ3v) is 6.31. The number of furan rings is 2. The summed E-state index contributed by atoms with van der Waals surface area (Å²) in [5, 5.41) is 6.33. The molecule has 0 saturated heterocycles. The van der Waals surface area contributed by atoms with Crippen molar-refractivity contribution in [3.63, 3.8) is 0 Å². The van der Waals surface area contributed by atoms with Crippen LogP contribution in [0.2, 0.25) is 0 Å². The van der Waals surface area contributed by atoms with Crippen molar-refractivity contribution in [2.24, 2.45) is 0 Å². The Morgan fingerprint density at radius 3 is 2.42 bits per heavy atom. The number of hydrogen-bond donors (Lipinski definition) is 0. The molecule has 5 aromatic heterocycles. The van der Waals surface area contributed by atoms with E-state index in [4.69, 9.17) is 13.8 Å². The summed E-state index contributed by atoms with van der Waals surface area (Å²) in [6.07, 6.45) is 5.63. The molecule has 3 aromatic carbocycles. The highest BCUT2D eigenvalue weighted by Crippen LogP contribution is 2.43. The lowest BCUT2D eigenvalue weighted by Crippen LogP contribution is -1.92. The number of fused-ring (bicyclic) bond motifs is 14. The van der Waals surface area contributed by atoms with Crippen LogP contribution in [0.3, 0.4) is 0 Å². The van der Waals surface area contributed by atoms with Gasteiger partial charge in [-0.05, 0) is 42.5 Å². The molecule has 0 spiro atoms. The Balaban J connectivity index is 1.70. The molecule has 0 amide bonds. The first kappa shape index (κ1) is 15.5. The average Bonchev–Trinajstić information content (AvgIpc) is 3.53. The van der Waals surface area contributed by atoms with Crippen LogP contribution in [-0.4, -0.2) is 14.4 Å². The molecule has 0 radical (unpaired) electrons. The standard InChI is InChI=1S/C26H13N3O2/c1-2-6-18-14(4-1)21-19(30-18)9-10-20-22(21)15-7-8-17-23(25(15)31-20)24-16(5-3-11-27-24)26-28-12-13-29(17)26/h1-13H. The zero-order chi connectivity index (χ0) is 20.1.